The predicted molar refractivity (Wildman–Crippen MR) is 137 cm³/mol. The minimum atomic E-state index is -0.566. The van der Waals surface area contributed by atoms with Crippen LogP contribution in [0.3, 0.4) is 0 Å². The van der Waals surface area contributed by atoms with Gasteiger partial charge in [0, 0.05) is 27.5 Å². The van der Waals surface area contributed by atoms with Gasteiger partial charge in [-0.25, -0.2) is 0 Å². The van der Waals surface area contributed by atoms with Gasteiger partial charge in [0.1, 0.15) is 6.10 Å². The van der Waals surface area contributed by atoms with Crippen LogP contribution >= 0.6 is 46.7 Å². The molecule has 0 fully saturated rings. The molecule has 0 saturated heterocycles. The number of likely N-dealkylation sites (N-methyl/N-ethyl adjacent to an activating group) is 1. The Morgan fingerprint density at radius 3 is 2.59 bits per heavy atom. The molecule has 2 heterocycles. The summed E-state index contributed by atoms with van der Waals surface area (Å²) < 4.78 is 1.20. The first-order chi connectivity index (χ1) is 13.6. The molecule has 5 nitrogen and oxygen atoms in total. The Morgan fingerprint density at radius 1 is 1.14 bits per heavy atom. The number of benzene rings is 1. The number of thiophene rings is 2. The van der Waals surface area contributed by atoms with Gasteiger partial charge in [-0.3, -0.25) is 4.99 Å². The third-order valence-electron chi connectivity index (χ3n) is 4.50. The molecule has 2 atom stereocenters. The maximum atomic E-state index is 10.6. The molecule has 0 bridgehead atoms. The third kappa shape index (κ3) is 6.65. The minimum absolute atomic E-state index is 0. The van der Waals surface area contributed by atoms with Gasteiger partial charge in [-0.1, -0.05) is 24.3 Å². The fourth-order valence-electron chi connectivity index (χ4n) is 2.97. The highest BCUT2D eigenvalue weighted by Gasteiger charge is 2.16. The highest BCUT2D eigenvalue weighted by molar-refractivity contribution is 14.0. The van der Waals surface area contributed by atoms with Gasteiger partial charge in [0.15, 0.2) is 5.96 Å². The van der Waals surface area contributed by atoms with Gasteiger partial charge in [0.05, 0.1) is 12.6 Å². The SMILES string of the molecule is CCNC(=NCC(c1cccs1)N(C)C)NCC(O)c1cc2ccccc2s1.I. The molecule has 0 aliphatic carbocycles. The average Bonchev–Trinajstić information content (AvgIpc) is 3.35. The van der Waals surface area contributed by atoms with E-state index < -0.39 is 6.10 Å². The minimum Gasteiger partial charge on any atom is -0.386 e. The molecule has 2 aromatic heterocycles. The molecule has 0 aliphatic heterocycles. The Morgan fingerprint density at radius 2 is 1.93 bits per heavy atom. The first kappa shape index (κ1) is 24.1. The quantitative estimate of drug-likeness (QED) is 0.223. The summed E-state index contributed by atoms with van der Waals surface area (Å²) in [6.45, 7) is 3.89. The molecular formula is C21H29IN4OS2. The monoisotopic (exact) mass is 544 g/mol. The smallest absolute Gasteiger partial charge is 0.191 e. The van der Waals surface area contributed by atoms with E-state index in [4.69, 9.17) is 4.99 Å². The maximum Gasteiger partial charge on any atom is 0.191 e. The second kappa shape index (κ2) is 11.8. The van der Waals surface area contributed by atoms with E-state index in [1.807, 2.05) is 19.1 Å². The van der Waals surface area contributed by atoms with Crippen molar-refractivity contribution >= 4 is 62.7 Å². The van der Waals surface area contributed by atoms with Gasteiger partial charge in [0.25, 0.3) is 0 Å². The largest absolute Gasteiger partial charge is 0.386 e. The van der Waals surface area contributed by atoms with Crippen molar-refractivity contribution in [2.75, 3.05) is 33.7 Å². The zero-order valence-electron chi connectivity index (χ0n) is 17.0. The van der Waals surface area contributed by atoms with E-state index in [1.165, 1.54) is 15.0 Å². The topological polar surface area (TPSA) is 59.9 Å². The molecule has 0 aliphatic rings. The molecule has 1 aromatic carbocycles. The summed E-state index contributed by atoms with van der Waals surface area (Å²) in [5, 5.41) is 20.4. The number of aliphatic hydroxyl groups excluding tert-OH is 1. The predicted octanol–water partition coefficient (Wildman–Crippen LogP) is 4.47. The number of hydrogen-bond donors (Lipinski definition) is 3. The maximum absolute atomic E-state index is 10.6. The summed E-state index contributed by atoms with van der Waals surface area (Å²) >= 11 is 3.39. The zero-order valence-corrected chi connectivity index (χ0v) is 20.9. The lowest BCUT2D eigenvalue weighted by molar-refractivity contribution is 0.184. The van der Waals surface area contributed by atoms with Gasteiger partial charge >= 0.3 is 0 Å². The first-order valence-electron chi connectivity index (χ1n) is 9.47. The van der Waals surface area contributed by atoms with Gasteiger partial charge < -0.3 is 20.6 Å². The molecule has 0 spiro atoms. The molecule has 0 amide bonds. The number of nitrogens with zero attached hydrogens (tertiary/aromatic N) is 2. The van der Waals surface area contributed by atoms with E-state index in [0.717, 1.165) is 17.4 Å². The van der Waals surface area contributed by atoms with Crippen LogP contribution in [0, 0.1) is 0 Å². The summed E-state index contributed by atoms with van der Waals surface area (Å²) in [5.41, 5.74) is 0. The van der Waals surface area contributed by atoms with Crippen LogP contribution in [0.5, 0.6) is 0 Å². The fourth-order valence-corrected chi connectivity index (χ4v) is 4.93. The van der Waals surface area contributed by atoms with Crippen molar-refractivity contribution in [3.8, 4) is 0 Å². The van der Waals surface area contributed by atoms with E-state index in [0.29, 0.717) is 13.1 Å². The Hall–Kier alpha value is -1.20. The van der Waals surface area contributed by atoms with Crippen LogP contribution in [0.2, 0.25) is 0 Å². The molecular weight excluding hydrogens is 515 g/mol. The standard InChI is InChI=1S/C21H28N4OS2.HI/c1-4-22-21(23-13-16(25(2)3)19-10-7-11-27-19)24-14-17(26)20-12-15-8-5-6-9-18(15)28-20;/h5-12,16-17,26H,4,13-14H2,1-3H3,(H2,22,23,24);1H. The second-order valence-electron chi connectivity index (χ2n) is 6.80. The van der Waals surface area contributed by atoms with Crippen molar-refractivity contribution in [1.82, 2.24) is 15.5 Å². The van der Waals surface area contributed by atoms with E-state index >= 15 is 0 Å². The number of nitrogens with one attached hydrogen (secondary N) is 2. The zero-order chi connectivity index (χ0) is 19.9. The fraction of sp³-hybridized carbons (Fsp3) is 0.381. The number of guanidine groups is 1. The average molecular weight is 545 g/mol. The Kier molecular flexibility index (Phi) is 9.84. The molecule has 3 rings (SSSR count). The summed E-state index contributed by atoms with van der Waals surface area (Å²) in [5.74, 6) is 0.728. The van der Waals surface area contributed by atoms with Crippen LogP contribution in [0.25, 0.3) is 10.1 Å². The highest BCUT2D eigenvalue weighted by Crippen LogP contribution is 2.29. The van der Waals surface area contributed by atoms with Gasteiger partial charge in [-0.2, -0.15) is 0 Å². The van der Waals surface area contributed by atoms with Gasteiger partial charge in [0.2, 0.25) is 0 Å². The van der Waals surface area contributed by atoms with Crippen LogP contribution in [0.15, 0.2) is 52.8 Å². The highest BCUT2D eigenvalue weighted by atomic mass is 127. The number of aliphatic hydroxyl groups is 1. The molecule has 8 heteroatoms. The van der Waals surface area contributed by atoms with Crippen LogP contribution in [0.1, 0.15) is 28.8 Å². The normalized spacial score (nSPS) is 13.9. The summed E-state index contributed by atoms with van der Waals surface area (Å²) in [4.78, 5) is 9.20. The lowest BCUT2D eigenvalue weighted by Crippen LogP contribution is -2.40. The summed E-state index contributed by atoms with van der Waals surface area (Å²) in [7, 11) is 4.15. The third-order valence-corrected chi connectivity index (χ3v) is 6.69. The Labute approximate surface area is 197 Å². The van der Waals surface area contributed by atoms with Crippen molar-refractivity contribution < 1.29 is 5.11 Å². The first-order valence-corrected chi connectivity index (χ1v) is 11.2. The molecule has 0 radical (unpaired) electrons. The van der Waals surface area contributed by atoms with E-state index in [2.05, 4.69) is 65.3 Å². The summed E-state index contributed by atoms with van der Waals surface area (Å²) in [6.07, 6.45) is -0.566. The van der Waals surface area contributed by atoms with Gasteiger partial charge in [-0.05, 0) is 50.0 Å². The van der Waals surface area contributed by atoms with Gasteiger partial charge in [-0.15, -0.1) is 46.7 Å². The number of aliphatic imine (C=N–C) groups is 1. The number of rotatable bonds is 8. The number of fused-ring (bicyclic) bond motifs is 1. The van der Waals surface area contributed by atoms with Crippen molar-refractivity contribution in [2.24, 2.45) is 4.99 Å². The molecule has 2 unspecified atom stereocenters. The van der Waals surface area contributed by atoms with E-state index in [9.17, 15) is 5.11 Å². The second-order valence-corrected chi connectivity index (χ2v) is 8.89. The van der Waals surface area contributed by atoms with Crippen LogP contribution in [-0.2, 0) is 0 Å². The van der Waals surface area contributed by atoms with Crippen LogP contribution in [0.4, 0.5) is 0 Å². The lowest BCUT2D eigenvalue weighted by atomic mass is 10.2. The van der Waals surface area contributed by atoms with Crippen molar-refractivity contribution in [3.05, 3.63) is 57.6 Å². The van der Waals surface area contributed by atoms with Crippen molar-refractivity contribution in [1.29, 1.82) is 0 Å². The summed E-state index contributed by atoms with van der Waals surface area (Å²) in [6, 6.07) is 14.7. The van der Waals surface area contributed by atoms with E-state index in [1.54, 1.807) is 22.7 Å². The van der Waals surface area contributed by atoms with Crippen LogP contribution in [-0.4, -0.2) is 49.7 Å². The molecule has 29 heavy (non-hydrogen) atoms. The van der Waals surface area contributed by atoms with Crippen molar-refractivity contribution in [3.63, 3.8) is 0 Å². The molecule has 158 valence electrons. The number of halogens is 1. The van der Waals surface area contributed by atoms with Crippen LogP contribution < -0.4 is 10.6 Å². The Balaban J connectivity index is 0.00000300. The lowest BCUT2D eigenvalue weighted by Gasteiger charge is -2.22. The van der Waals surface area contributed by atoms with E-state index in [-0.39, 0.29) is 30.0 Å². The Bertz CT molecular complexity index is 862. The molecule has 3 N–H and O–H groups in total. The van der Waals surface area contributed by atoms with Crippen molar-refractivity contribution in [2.45, 2.75) is 19.1 Å². The molecule has 0 saturated carbocycles. The molecule has 3 aromatic rings. The number of hydrogen-bond acceptors (Lipinski definition) is 5.